The summed E-state index contributed by atoms with van der Waals surface area (Å²) >= 11 is 0. The van der Waals surface area contributed by atoms with Crippen molar-refractivity contribution in [1.82, 2.24) is 9.13 Å². The molecule has 0 bridgehead atoms. The topological polar surface area (TPSA) is 35.9 Å². The van der Waals surface area contributed by atoms with E-state index in [1.807, 2.05) is 0 Å². The van der Waals surface area contributed by atoms with Crippen molar-refractivity contribution in [2.24, 2.45) is 5.73 Å². The number of rotatable bonds is 4. The Bertz CT molecular complexity index is 1420. The molecule has 1 atom stereocenters. The molecule has 3 nitrogen and oxygen atoms in total. The maximum absolute atomic E-state index is 7.19. The highest BCUT2D eigenvalue weighted by Crippen LogP contribution is 2.37. The molecule has 0 saturated heterocycles. The molecule has 6 aromatic rings. The van der Waals surface area contributed by atoms with Crippen LogP contribution in [-0.2, 0) is 11.0 Å². The fraction of sp³-hybridized carbons (Fsp3) is 0.172. The van der Waals surface area contributed by atoms with Crippen molar-refractivity contribution in [3.63, 3.8) is 0 Å². The summed E-state index contributed by atoms with van der Waals surface area (Å²) in [6, 6.07) is 34.4. The van der Waals surface area contributed by atoms with Crippen molar-refractivity contribution < 1.29 is 0 Å². The minimum absolute atomic E-state index is 0.349. The lowest BCUT2D eigenvalue weighted by molar-refractivity contribution is 0.456. The molecule has 2 N–H and O–H groups in total. The highest BCUT2D eigenvalue weighted by Gasteiger charge is 2.37. The Morgan fingerprint density at radius 1 is 0.515 bits per heavy atom. The van der Waals surface area contributed by atoms with Gasteiger partial charge in [0.25, 0.3) is 0 Å². The van der Waals surface area contributed by atoms with Crippen LogP contribution in [0.2, 0.25) is 0 Å². The molecule has 0 saturated carbocycles. The van der Waals surface area contributed by atoms with Crippen LogP contribution in [-0.4, -0.2) is 16.4 Å². The van der Waals surface area contributed by atoms with Gasteiger partial charge in [0.2, 0.25) is 0 Å². The van der Waals surface area contributed by atoms with Gasteiger partial charge in [-0.25, -0.2) is 0 Å². The molecule has 2 heterocycles. The highest BCUT2D eigenvalue weighted by atomic mass is 15.2. The molecule has 33 heavy (non-hydrogen) atoms. The maximum atomic E-state index is 7.19. The van der Waals surface area contributed by atoms with Crippen molar-refractivity contribution in [1.29, 1.82) is 0 Å². The second-order valence-electron chi connectivity index (χ2n) is 9.76. The standard InChI is InChI=1S/C29H27BN3/c1-28(2,32-24-16-8-4-12-20(24)21-13-5-9-17-25(21)32)30-29(3,31)33-26-18-10-6-14-22(26)23-15-7-11-19-27(23)33/h4-19H,31H2,1-3H3. The number of fused-ring (bicyclic) bond motifs is 6. The van der Waals surface area contributed by atoms with Gasteiger partial charge in [-0.15, -0.1) is 0 Å². The summed E-state index contributed by atoms with van der Waals surface area (Å²) < 4.78 is 4.71. The summed E-state index contributed by atoms with van der Waals surface area (Å²) in [5, 5.41) is 5.00. The third-order valence-electron chi connectivity index (χ3n) is 6.86. The Labute approximate surface area is 194 Å². The Kier molecular flexibility index (Phi) is 4.27. The van der Waals surface area contributed by atoms with Gasteiger partial charge in [0.15, 0.2) is 7.28 Å². The van der Waals surface area contributed by atoms with Crippen LogP contribution in [0.5, 0.6) is 0 Å². The van der Waals surface area contributed by atoms with Gasteiger partial charge in [-0.05, 0) is 45.0 Å². The van der Waals surface area contributed by atoms with Crippen molar-refractivity contribution >= 4 is 50.9 Å². The summed E-state index contributed by atoms with van der Waals surface area (Å²) in [7, 11) is 2.29. The first-order valence-electron chi connectivity index (χ1n) is 11.5. The zero-order valence-corrected chi connectivity index (χ0v) is 19.3. The van der Waals surface area contributed by atoms with Crippen LogP contribution in [0.4, 0.5) is 0 Å². The van der Waals surface area contributed by atoms with Crippen LogP contribution in [0.1, 0.15) is 20.8 Å². The van der Waals surface area contributed by atoms with E-state index in [1.165, 1.54) is 32.6 Å². The summed E-state index contributed by atoms with van der Waals surface area (Å²) in [4.78, 5) is 0. The number of nitrogens with zero attached hydrogens (tertiary/aromatic N) is 2. The van der Waals surface area contributed by atoms with Crippen LogP contribution < -0.4 is 5.73 Å². The molecule has 0 spiro atoms. The number of hydrogen-bond donors (Lipinski definition) is 1. The first-order chi connectivity index (χ1) is 15.9. The van der Waals surface area contributed by atoms with Crippen LogP contribution in [0, 0.1) is 0 Å². The lowest BCUT2D eigenvalue weighted by atomic mass is 9.51. The van der Waals surface area contributed by atoms with E-state index < -0.39 is 5.56 Å². The quantitative estimate of drug-likeness (QED) is 0.316. The van der Waals surface area contributed by atoms with E-state index >= 15 is 0 Å². The van der Waals surface area contributed by atoms with E-state index in [0.717, 1.165) is 11.0 Å². The molecule has 1 radical (unpaired) electrons. The summed E-state index contributed by atoms with van der Waals surface area (Å²) in [6.07, 6.45) is 0. The first kappa shape index (κ1) is 20.1. The van der Waals surface area contributed by atoms with Crippen LogP contribution in [0.15, 0.2) is 97.1 Å². The van der Waals surface area contributed by atoms with Crippen LogP contribution in [0.25, 0.3) is 43.6 Å². The van der Waals surface area contributed by atoms with Crippen molar-refractivity contribution in [3.05, 3.63) is 97.1 Å². The van der Waals surface area contributed by atoms with Gasteiger partial charge < -0.3 is 14.9 Å². The largest absolute Gasteiger partial charge is 0.343 e. The fourth-order valence-electron chi connectivity index (χ4n) is 5.83. The van der Waals surface area contributed by atoms with Gasteiger partial charge in [-0.2, -0.15) is 0 Å². The average molecular weight is 428 g/mol. The second-order valence-corrected chi connectivity index (χ2v) is 9.76. The SMILES string of the molecule is CC(C)([B]C(C)(N)n1c2ccccc2c2ccccc21)n1c2ccccc2c2ccccc21. The molecule has 0 aliphatic carbocycles. The van der Waals surface area contributed by atoms with Gasteiger partial charge in [-0.1, -0.05) is 72.8 Å². The van der Waals surface area contributed by atoms with Crippen molar-refractivity contribution in [3.8, 4) is 0 Å². The molecular formula is C29H27BN3. The number of benzene rings is 4. The number of nitrogens with two attached hydrogens (primary N) is 1. The predicted molar refractivity (Wildman–Crippen MR) is 142 cm³/mol. The van der Waals surface area contributed by atoms with E-state index in [4.69, 9.17) is 5.73 Å². The lowest BCUT2D eigenvalue weighted by Gasteiger charge is -2.38. The molecule has 0 amide bonds. The Morgan fingerprint density at radius 3 is 1.18 bits per heavy atom. The van der Waals surface area contributed by atoms with E-state index in [2.05, 4.69) is 134 Å². The molecule has 0 aliphatic heterocycles. The summed E-state index contributed by atoms with van der Waals surface area (Å²) in [5.41, 5.74) is 10.9. The molecule has 0 fully saturated rings. The third kappa shape index (κ3) is 2.94. The monoisotopic (exact) mass is 428 g/mol. The highest BCUT2D eigenvalue weighted by molar-refractivity contribution is 6.42. The molecule has 161 valence electrons. The third-order valence-corrected chi connectivity index (χ3v) is 6.86. The van der Waals surface area contributed by atoms with E-state index in [0.29, 0.717) is 0 Å². The molecule has 4 heteroatoms. The minimum atomic E-state index is -0.724. The summed E-state index contributed by atoms with van der Waals surface area (Å²) in [6.45, 7) is 6.62. The van der Waals surface area contributed by atoms with E-state index in [-0.39, 0.29) is 5.44 Å². The number of hydrogen-bond acceptors (Lipinski definition) is 1. The molecule has 1 unspecified atom stereocenters. The fourth-order valence-corrected chi connectivity index (χ4v) is 5.83. The molecule has 0 aliphatic rings. The number of para-hydroxylation sites is 4. The Morgan fingerprint density at radius 2 is 0.818 bits per heavy atom. The normalized spacial score (nSPS) is 14.3. The molecular weight excluding hydrogens is 401 g/mol. The average Bonchev–Trinajstić information content (AvgIpc) is 3.32. The maximum Gasteiger partial charge on any atom is 0.198 e. The van der Waals surface area contributed by atoms with Gasteiger partial charge in [0, 0.05) is 38.0 Å². The smallest absolute Gasteiger partial charge is 0.198 e. The molecule has 6 rings (SSSR count). The number of aromatic nitrogens is 2. The second kappa shape index (κ2) is 7.00. The first-order valence-corrected chi connectivity index (χ1v) is 11.5. The van der Waals surface area contributed by atoms with Gasteiger partial charge in [0.1, 0.15) is 0 Å². The lowest BCUT2D eigenvalue weighted by Crippen LogP contribution is -2.54. The van der Waals surface area contributed by atoms with Crippen molar-refractivity contribution in [2.45, 2.75) is 31.8 Å². The zero-order valence-electron chi connectivity index (χ0n) is 19.3. The Balaban J connectivity index is 1.56. The summed E-state index contributed by atoms with van der Waals surface area (Å²) in [5.74, 6) is 0. The van der Waals surface area contributed by atoms with Crippen molar-refractivity contribution in [2.75, 3.05) is 0 Å². The predicted octanol–water partition coefficient (Wildman–Crippen LogP) is 6.59. The van der Waals surface area contributed by atoms with E-state index in [1.54, 1.807) is 0 Å². The van der Waals surface area contributed by atoms with Crippen LogP contribution >= 0.6 is 0 Å². The van der Waals surface area contributed by atoms with E-state index in [9.17, 15) is 0 Å². The van der Waals surface area contributed by atoms with Crippen LogP contribution in [0.3, 0.4) is 0 Å². The van der Waals surface area contributed by atoms with Gasteiger partial charge >= 0.3 is 0 Å². The molecule has 2 aromatic heterocycles. The molecule has 4 aromatic carbocycles. The van der Waals surface area contributed by atoms with Gasteiger partial charge in [-0.3, -0.25) is 0 Å². The zero-order chi connectivity index (χ0) is 22.8. The Hall–Kier alpha value is -3.50. The minimum Gasteiger partial charge on any atom is -0.343 e. The van der Waals surface area contributed by atoms with Gasteiger partial charge in [0.05, 0.1) is 16.6 Å².